The summed E-state index contributed by atoms with van der Waals surface area (Å²) in [6, 6.07) is -0.232. The van der Waals surface area contributed by atoms with E-state index in [9.17, 15) is 14.7 Å². The lowest BCUT2D eigenvalue weighted by Crippen LogP contribution is -2.52. The topological polar surface area (TPSA) is 88.1 Å². The molecule has 0 radical (unpaired) electrons. The van der Waals surface area contributed by atoms with Crippen molar-refractivity contribution in [1.82, 2.24) is 10.2 Å². The predicted molar refractivity (Wildman–Crippen MR) is 83.8 cm³/mol. The number of hydrogen-bond acceptors (Lipinski definition) is 5. The number of methoxy groups -OCH3 is 1. The second kappa shape index (κ2) is 9.20. The van der Waals surface area contributed by atoms with Crippen molar-refractivity contribution < 1.29 is 24.2 Å². The molecule has 2 heterocycles. The van der Waals surface area contributed by atoms with E-state index in [0.717, 1.165) is 25.9 Å². The van der Waals surface area contributed by atoms with E-state index in [4.69, 9.17) is 9.47 Å². The molecule has 132 valence electrons. The Morgan fingerprint density at radius 3 is 2.65 bits per heavy atom. The fourth-order valence-electron chi connectivity index (χ4n) is 3.29. The van der Waals surface area contributed by atoms with E-state index in [1.165, 1.54) is 13.5 Å². The van der Waals surface area contributed by atoms with Gasteiger partial charge in [-0.25, -0.2) is 0 Å². The van der Waals surface area contributed by atoms with Crippen LogP contribution in [0.15, 0.2) is 0 Å². The van der Waals surface area contributed by atoms with Crippen molar-refractivity contribution in [2.45, 2.75) is 56.8 Å². The Labute approximate surface area is 137 Å². The number of ether oxygens (including phenoxy) is 2. The molecule has 2 saturated heterocycles. The van der Waals surface area contributed by atoms with Gasteiger partial charge >= 0.3 is 0 Å². The third-order valence-electron chi connectivity index (χ3n) is 4.53. The molecule has 7 heteroatoms. The quantitative estimate of drug-likeness (QED) is 0.720. The van der Waals surface area contributed by atoms with Gasteiger partial charge in [-0.15, -0.1) is 0 Å². The standard InChI is InChI=1S/C16H28N2O5/c1-22-11-15(20)17-13-6-5-12(23-14(13)10-19)9-16(21)18-7-3-2-4-8-18/h12-14,19H,2-11H2,1H3,(H,17,20)/t12-,13+,14+/m0/s1. The minimum absolute atomic E-state index is 0.00841. The van der Waals surface area contributed by atoms with Gasteiger partial charge in [0.05, 0.1) is 25.2 Å². The zero-order chi connectivity index (χ0) is 16.7. The van der Waals surface area contributed by atoms with E-state index >= 15 is 0 Å². The maximum atomic E-state index is 12.3. The highest BCUT2D eigenvalue weighted by Gasteiger charge is 2.33. The van der Waals surface area contributed by atoms with Crippen molar-refractivity contribution in [3.8, 4) is 0 Å². The maximum Gasteiger partial charge on any atom is 0.246 e. The van der Waals surface area contributed by atoms with E-state index in [2.05, 4.69) is 5.32 Å². The van der Waals surface area contributed by atoms with E-state index in [0.29, 0.717) is 19.3 Å². The minimum atomic E-state index is -0.469. The van der Waals surface area contributed by atoms with Gasteiger partial charge in [-0.2, -0.15) is 0 Å². The van der Waals surface area contributed by atoms with E-state index in [-0.39, 0.29) is 37.2 Å². The number of likely N-dealkylation sites (tertiary alicyclic amines) is 1. The molecular weight excluding hydrogens is 300 g/mol. The average Bonchev–Trinajstić information content (AvgIpc) is 2.57. The van der Waals surface area contributed by atoms with Gasteiger partial charge in [0.1, 0.15) is 12.7 Å². The van der Waals surface area contributed by atoms with Crippen LogP contribution >= 0.6 is 0 Å². The van der Waals surface area contributed by atoms with Gasteiger partial charge in [-0.3, -0.25) is 9.59 Å². The van der Waals surface area contributed by atoms with Crippen molar-refractivity contribution >= 4 is 11.8 Å². The number of piperidine rings is 1. The van der Waals surface area contributed by atoms with Crippen LogP contribution in [-0.4, -0.2) is 73.5 Å². The summed E-state index contributed by atoms with van der Waals surface area (Å²) in [7, 11) is 1.46. The molecule has 3 atom stereocenters. The molecule has 2 amide bonds. The van der Waals surface area contributed by atoms with Crippen molar-refractivity contribution in [3.05, 3.63) is 0 Å². The van der Waals surface area contributed by atoms with Crippen molar-refractivity contribution in [2.24, 2.45) is 0 Å². The number of hydrogen-bond donors (Lipinski definition) is 2. The molecule has 0 aromatic carbocycles. The number of aliphatic hydroxyl groups is 1. The van der Waals surface area contributed by atoms with Crippen molar-refractivity contribution in [3.63, 3.8) is 0 Å². The van der Waals surface area contributed by atoms with Crippen LogP contribution in [0, 0.1) is 0 Å². The number of nitrogens with one attached hydrogen (secondary N) is 1. The summed E-state index contributed by atoms with van der Waals surface area (Å²) in [6.45, 7) is 1.49. The molecule has 0 aromatic heterocycles. The van der Waals surface area contributed by atoms with Crippen LogP contribution in [0.2, 0.25) is 0 Å². The first-order valence-electron chi connectivity index (χ1n) is 8.46. The minimum Gasteiger partial charge on any atom is -0.394 e. The molecule has 0 saturated carbocycles. The van der Waals surface area contributed by atoms with Gasteiger partial charge in [0.25, 0.3) is 0 Å². The van der Waals surface area contributed by atoms with Crippen molar-refractivity contribution in [2.75, 3.05) is 33.4 Å². The molecular formula is C16H28N2O5. The Morgan fingerprint density at radius 2 is 2.00 bits per heavy atom. The second-order valence-corrected chi connectivity index (χ2v) is 6.31. The van der Waals surface area contributed by atoms with Gasteiger partial charge in [-0.1, -0.05) is 0 Å². The summed E-state index contributed by atoms with van der Waals surface area (Å²) in [6.07, 6.45) is 4.44. The van der Waals surface area contributed by atoms with Gasteiger partial charge in [-0.05, 0) is 32.1 Å². The molecule has 7 nitrogen and oxygen atoms in total. The third kappa shape index (κ3) is 5.44. The Hall–Kier alpha value is -1.18. The van der Waals surface area contributed by atoms with Crippen LogP contribution in [0.4, 0.5) is 0 Å². The zero-order valence-electron chi connectivity index (χ0n) is 13.8. The molecule has 0 unspecified atom stereocenters. The van der Waals surface area contributed by atoms with Crippen LogP contribution in [0.5, 0.6) is 0 Å². The summed E-state index contributed by atoms with van der Waals surface area (Å²) in [5.74, 6) is -0.0874. The first-order valence-corrected chi connectivity index (χ1v) is 8.46. The highest BCUT2D eigenvalue weighted by molar-refractivity contribution is 5.78. The Balaban J connectivity index is 1.80. The summed E-state index contributed by atoms with van der Waals surface area (Å²) < 4.78 is 10.6. The summed E-state index contributed by atoms with van der Waals surface area (Å²) in [5, 5.41) is 12.3. The number of nitrogens with zero attached hydrogens (tertiary/aromatic N) is 1. The van der Waals surface area contributed by atoms with Crippen LogP contribution in [-0.2, 0) is 19.1 Å². The highest BCUT2D eigenvalue weighted by atomic mass is 16.5. The number of carbonyl (C=O) groups excluding carboxylic acids is 2. The van der Waals surface area contributed by atoms with Gasteiger partial charge in [0.15, 0.2) is 0 Å². The molecule has 2 N–H and O–H groups in total. The van der Waals surface area contributed by atoms with E-state index in [1.807, 2.05) is 4.90 Å². The summed E-state index contributed by atoms with van der Waals surface area (Å²) in [5.41, 5.74) is 0. The van der Waals surface area contributed by atoms with Crippen LogP contribution in [0.3, 0.4) is 0 Å². The van der Waals surface area contributed by atoms with Crippen molar-refractivity contribution in [1.29, 1.82) is 0 Å². The third-order valence-corrected chi connectivity index (χ3v) is 4.53. The summed E-state index contributed by atoms with van der Waals surface area (Å²) >= 11 is 0. The lowest BCUT2D eigenvalue weighted by Gasteiger charge is -2.37. The fraction of sp³-hybridized carbons (Fsp3) is 0.875. The molecule has 2 fully saturated rings. The molecule has 2 aliphatic heterocycles. The van der Waals surface area contributed by atoms with Crippen LogP contribution in [0.1, 0.15) is 38.5 Å². The number of aliphatic hydroxyl groups excluding tert-OH is 1. The summed E-state index contributed by atoms with van der Waals surface area (Å²) in [4.78, 5) is 25.8. The highest BCUT2D eigenvalue weighted by Crippen LogP contribution is 2.23. The first-order chi connectivity index (χ1) is 11.1. The SMILES string of the molecule is COCC(=O)N[C@@H]1CC[C@@H](CC(=O)N2CCCCC2)O[C@@H]1CO. The largest absolute Gasteiger partial charge is 0.394 e. The normalized spacial score (nSPS) is 28.4. The molecule has 0 bridgehead atoms. The van der Waals surface area contributed by atoms with E-state index in [1.54, 1.807) is 0 Å². The van der Waals surface area contributed by atoms with Gasteiger partial charge in [0, 0.05) is 20.2 Å². The fourth-order valence-corrected chi connectivity index (χ4v) is 3.29. The number of rotatable bonds is 6. The second-order valence-electron chi connectivity index (χ2n) is 6.31. The Morgan fingerprint density at radius 1 is 1.26 bits per heavy atom. The average molecular weight is 328 g/mol. The number of carbonyl (C=O) groups is 2. The molecule has 0 aliphatic carbocycles. The van der Waals surface area contributed by atoms with E-state index < -0.39 is 6.10 Å². The predicted octanol–water partition coefficient (Wildman–Crippen LogP) is 0.0601. The number of amides is 2. The molecule has 2 aliphatic rings. The molecule has 23 heavy (non-hydrogen) atoms. The molecule has 0 aromatic rings. The first kappa shape index (κ1) is 18.2. The Kier molecular flexibility index (Phi) is 7.26. The Bertz CT molecular complexity index is 398. The monoisotopic (exact) mass is 328 g/mol. The molecule has 2 rings (SSSR count). The van der Waals surface area contributed by atoms with Crippen LogP contribution in [0.25, 0.3) is 0 Å². The van der Waals surface area contributed by atoms with Crippen LogP contribution < -0.4 is 5.32 Å². The molecule has 0 spiro atoms. The van der Waals surface area contributed by atoms with Gasteiger partial charge in [0.2, 0.25) is 11.8 Å². The van der Waals surface area contributed by atoms with Gasteiger partial charge < -0.3 is 24.8 Å². The zero-order valence-corrected chi connectivity index (χ0v) is 13.8. The lowest BCUT2D eigenvalue weighted by atomic mass is 9.96. The lowest BCUT2D eigenvalue weighted by molar-refractivity contribution is -0.144. The smallest absolute Gasteiger partial charge is 0.246 e. The maximum absolute atomic E-state index is 12.3.